The zero-order chi connectivity index (χ0) is 26.0. The Morgan fingerprint density at radius 2 is 1.66 bits per heavy atom. The SMILES string of the molecule is CCOC(=O)c1ccc(Cn2c(C)c(/C=N\NC(F)(F)C(F)(F)C(F)(F)F)c3ccccc32)cc1. The number of nitrogens with zero attached hydrogens (tertiary/aromatic N) is 2. The van der Waals surface area contributed by atoms with Crippen LogP contribution in [0.2, 0.25) is 0 Å². The van der Waals surface area contributed by atoms with Crippen molar-refractivity contribution in [3.63, 3.8) is 0 Å². The predicted octanol–water partition coefficient (Wildman–Crippen LogP) is 5.89. The minimum Gasteiger partial charge on any atom is -0.462 e. The number of aromatic nitrogens is 1. The lowest BCUT2D eigenvalue weighted by Crippen LogP contribution is -2.58. The Morgan fingerprint density at radius 1 is 1.03 bits per heavy atom. The average molecular weight is 503 g/mol. The average Bonchev–Trinajstić information content (AvgIpc) is 3.05. The molecule has 1 heterocycles. The molecule has 2 aromatic carbocycles. The van der Waals surface area contributed by atoms with Crippen molar-refractivity contribution < 1.29 is 40.3 Å². The zero-order valence-corrected chi connectivity index (χ0v) is 18.5. The summed E-state index contributed by atoms with van der Waals surface area (Å²) in [5, 5.41) is 3.52. The van der Waals surface area contributed by atoms with E-state index in [1.54, 1.807) is 66.9 Å². The van der Waals surface area contributed by atoms with Crippen molar-refractivity contribution in [3.05, 3.63) is 70.9 Å². The fraction of sp³-hybridized carbons (Fsp3) is 0.304. The van der Waals surface area contributed by atoms with Crippen molar-refractivity contribution in [1.29, 1.82) is 0 Å². The van der Waals surface area contributed by atoms with E-state index in [9.17, 15) is 35.5 Å². The van der Waals surface area contributed by atoms with E-state index in [0.29, 0.717) is 34.1 Å². The second-order valence-corrected chi connectivity index (χ2v) is 7.54. The molecule has 5 nitrogen and oxygen atoms in total. The van der Waals surface area contributed by atoms with E-state index in [2.05, 4.69) is 5.10 Å². The van der Waals surface area contributed by atoms with Gasteiger partial charge >= 0.3 is 24.1 Å². The Kier molecular flexibility index (Phi) is 7.13. The van der Waals surface area contributed by atoms with Crippen molar-refractivity contribution in [2.24, 2.45) is 5.10 Å². The van der Waals surface area contributed by atoms with E-state index in [1.165, 1.54) is 0 Å². The molecule has 0 atom stereocenters. The van der Waals surface area contributed by atoms with Crippen LogP contribution >= 0.6 is 0 Å². The van der Waals surface area contributed by atoms with Gasteiger partial charge in [-0.2, -0.15) is 35.8 Å². The summed E-state index contributed by atoms with van der Waals surface area (Å²) >= 11 is 0. The standard InChI is InChI=1S/C23H20F7N3O2/c1-3-35-20(34)16-10-8-15(9-11-16)13-33-14(2)18(17-6-4-5-7-19(17)33)12-31-32-23(29,30)21(24,25)22(26,27)28/h4-12,32H,3,13H2,1-2H3/b31-12-. The topological polar surface area (TPSA) is 55.6 Å². The Bertz CT molecular complexity index is 1230. The molecule has 0 fully saturated rings. The molecule has 1 aromatic heterocycles. The van der Waals surface area contributed by atoms with Gasteiger partial charge in [-0.3, -0.25) is 0 Å². The first-order valence-corrected chi connectivity index (χ1v) is 10.3. The third-order valence-corrected chi connectivity index (χ3v) is 5.23. The van der Waals surface area contributed by atoms with Crippen molar-refractivity contribution >= 4 is 23.1 Å². The van der Waals surface area contributed by atoms with Crippen LogP contribution < -0.4 is 5.43 Å². The van der Waals surface area contributed by atoms with Crippen molar-refractivity contribution in [2.75, 3.05) is 6.61 Å². The second-order valence-electron chi connectivity index (χ2n) is 7.54. The van der Waals surface area contributed by atoms with Crippen LogP contribution in [0.4, 0.5) is 30.7 Å². The molecule has 3 rings (SSSR count). The number of hydrogen-bond acceptors (Lipinski definition) is 4. The van der Waals surface area contributed by atoms with Crippen LogP contribution in [0, 0.1) is 6.92 Å². The van der Waals surface area contributed by atoms with Crippen molar-refractivity contribution in [1.82, 2.24) is 9.99 Å². The molecule has 0 aliphatic rings. The van der Waals surface area contributed by atoms with E-state index >= 15 is 0 Å². The minimum atomic E-state index is -6.46. The Labute approximate surface area is 195 Å². The highest BCUT2D eigenvalue weighted by Crippen LogP contribution is 2.45. The first-order valence-electron chi connectivity index (χ1n) is 10.3. The van der Waals surface area contributed by atoms with Gasteiger partial charge < -0.3 is 9.30 Å². The fourth-order valence-electron chi connectivity index (χ4n) is 3.39. The summed E-state index contributed by atoms with van der Waals surface area (Å²) in [5.74, 6) is -6.80. The van der Waals surface area contributed by atoms with E-state index < -0.39 is 24.1 Å². The Morgan fingerprint density at radius 3 is 2.26 bits per heavy atom. The molecule has 188 valence electrons. The third-order valence-electron chi connectivity index (χ3n) is 5.23. The summed E-state index contributed by atoms with van der Waals surface area (Å²) < 4.78 is 96.9. The number of hydrogen-bond donors (Lipinski definition) is 1. The summed E-state index contributed by atoms with van der Waals surface area (Å²) in [6.45, 7) is 3.83. The van der Waals surface area contributed by atoms with Gasteiger partial charge in [0.1, 0.15) is 0 Å². The van der Waals surface area contributed by atoms with Gasteiger partial charge in [0, 0.05) is 28.7 Å². The van der Waals surface area contributed by atoms with Gasteiger partial charge in [0.05, 0.1) is 18.4 Å². The molecule has 0 bridgehead atoms. The second kappa shape index (κ2) is 9.59. The highest BCUT2D eigenvalue weighted by molar-refractivity contribution is 6.01. The van der Waals surface area contributed by atoms with Crippen molar-refractivity contribution in [3.8, 4) is 0 Å². The molecular formula is C23H20F7N3O2. The zero-order valence-electron chi connectivity index (χ0n) is 18.5. The molecule has 0 radical (unpaired) electrons. The van der Waals surface area contributed by atoms with Crippen LogP contribution in [0.1, 0.15) is 34.1 Å². The van der Waals surface area contributed by atoms with Crippen LogP contribution in [-0.2, 0) is 11.3 Å². The van der Waals surface area contributed by atoms with E-state index in [0.717, 1.165) is 11.8 Å². The molecular weight excluding hydrogens is 483 g/mol. The van der Waals surface area contributed by atoms with Gasteiger partial charge in [-0.25, -0.2) is 10.2 Å². The number of ether oxygens (including phenoxy) is 1. The number of nitrogens with one attached hydrogen (secondary N) is 1. The van der Waals surface area contributed by atoms with E-state index in [4.69, 9.17) is 4.74 Å². The number of alkyl halides is 7. The van der Waals surface area contributed by atoms with Gasteiger partial charge in [-0.05, 0) is 37.6 Å². The number of para-hydroxylation sites is 1. The molecule has 0 amide bonds. The number of hydrazone groups is 1. The van der Waals surface area contributed by atoms with E-state index in [1.807, 2.05) is 0 Å². The number of carbonyl (C=O) groups is 1. The highest BCUT2D eigenvalue weighted by atomic mass is 19.4. The van der Waals surface area contributed by atoms with Gasteiger partial charge in [0.15, 0.2) is 0 Å². The fourth-order valence-corrected chi connectivity index (χ4v) is 3.39. The largest absolute Gasteiger partial charge is 0.462 e. The minimum absolute atomic E-state index is 0.230. The quantitative estimate of drug-likeness (QED) is 0.137. The molecule has 1 N–H and O–H groups in total. The lowest BCUT2D eigenvalue weighted by Gasteiger charge is -2.27. The summed E-state index contributed by atoms with van der Waals surface area (Å²) in [6, 6.07) is 7.66. The van der Waals surface area contributed by atoms with Gasteiger partial charge in [-0.1, -0.05) is 30.3 Å². The van der Waals surface area contributed by atoms with Crippen LogP contribution in [-0.4, -0.2) is 41.5 Å². The number of halogens is 7. The van der Waals surface area contributed by atoms with Crippen molar-refractivity contribution in [2.45, 2.75) is 38.5 Å². The molecule has 3 aromatic rings. The first kappa shape index (κ1) is 26.0. The first-order chi connectivity index (χ1) is 16.3. The molecule has 0 unspecified atom stereocenters. The molecule has 12 heteroatoms. The molecule has 0 spiro atoms. The van der Waals surface area contributed by atoms with E-state index in [-0.39, 0.29) is 12.2 Å². The summed E-state index contributed by atoms with van der Waals surface area (Å²) in [4.78, 5) is 11.8. The molecule has 0 saturated carbocycles. The molecule has 0 saturated heterocycles. The summed E-state index contributed by atoms with van der Waals surface area (Å²) in [6.07, 6.45) is -5.69. The van der Waals surface area contributed by atoms with Crippen LogP contribution in [0.15, 0.2) is 53.6 Å². The maximum Gasteiger partial charge on any atom is 0.462 e. The Balaban J connectivity index is 1.90. The lowest BCUT2D eigenvalue weighted by molar-refractivity contribution is -0.361. The van der Waals surface area contributed by atoms with Gasteiger partial charge in [0.2, 0.25) is 0 Å². The van der Waals surface area contributed by atoms with Gasteiger partial charge in [-0.15, -0.1) is 0 Å². The summed E-state index contributed by atoms with van der Waals surface area (Å²) in [5.41, 5.74) is 3.18. The third kappa shape index (κ3) is 5.10. The monoisotopic (exact) mass is 503 g/mol. The molecule has 0 aliphatic heterocycles. The lowest BCUT2D eigenvalue weighted by atomic mass is 10.1. The number of rotatable bonds is 8. The highest BCUT2D eigenvalue weighted by Gasteiger charge is 2.73. The normalized spacial score (nSPS) is 12.9. The maximum absolute atomic E-state index is 13.5. The molecule has 0 aliphatic carbocycles. The van der Waals surface area contributed by atoms with Crippen LogP contribution in [0.5, 0.6) is 0 Å². The smallest absolute Gasteiger partial charge is 0.462 e. The number of benzene rings is 2. The van der Waals surface area contributed by atoms with Crippen LogP contribution in [0.3, 0.4) is 0 Å². The number of esters is 1. The number of fused-ring (bicyclic) bond motifs is 1. The van der Waals surface area contributed by atoms with Crippen LogP contribution in [0.25, 0.3) is 10.9 Å². The number of carbonyl (C=O) groups excluding carboxylic acids is 1. The molecule has 35 heavy (non-hydrogen) atoms. The predicted molar refractivity (Wildman–Crippen MR) is 115 cm³/mol. The summed E-state index contributed by atoms with van der Waals surface area (Å²) in [7, 11) is 0. The van der Waals surface area contributed by atoms with Gasteiger partial charge in [0.25, 0.3) is 0 Å². The maximum atomic E-state index is 13.5. The Hall–Kier alpha value is -3.57.